The Morgan fingerprint density at radius 3 is 2.62 bits per heavy atom. The van der Waals surface area contributed by atoms with Crippen molar-refractivity contribution < 1.29 is 4.39 Å². The zero-order chi connectivity index (χ0) is 20.2. The molecule has 4 rings (SSSR count). The van der Waals surface area contributed by atoms with Crippen LogP contribution in [-0.2, 0) is 6.54 Å². The van der Waals surface area contributed by atoms with Gasteiger partial charge in [-0.2, -0.15) is 4.98 Å². The summed E-state index contributed by atoms with van der Waals surface area (Å²) in [5, 5.41) is 3.82. The number of anilines is 2. The summed E-state index contributed by atoms with van der Waals surface area (Å²) in [6.45, 7) is 1.91. The summed E-state index contributed by atoms with van der Waals surface area (Å²) in [6, 6.07) is 14.1. The minimum atomic E-state index is -0.362. The van der Waals surface area contributed by atoms with Crippen LogP contribution in [0.5, 0.6) is 0 Å². The van der Waals surface area contributed by atoms with Crippen molar-refractivity contribution >= 4 is 23.2 Å². The van der Waals surface area contributed by atoms with Crippen molar-refractivity contribution in [1.82, 2.24) is 14.5 Å². The molecule has 6 nitrogen and oxygen atoms in total. The minimum Gasteiger partial charge on any atom is -0.367 e. The summed E-state index contributed by atoms with van der Waals surface area (Å²) in [5.74, 6) is 0.0727. The van der Waals surface area contributed by atoms with Gasteiger partial charge < -0.3 is 10.2 Å². The van der Waals surface area contributed by atoms with Crippen LogP contribution in [0, 0.1) is 5.82 Å². The van der Waals surface area contributed by atoms with Gasteiger partial charge in [0, 0.05) is 29.8 Å². The molecule has 0 spiro atoms. The molecular weight excluding hydrogens is 393 g/mol. The van der Waals surface area contributed by atoms with Gasteiger partial charge in [0.15, 0.2) is 0 Å². The maximum absolute atomic E-state index is 13.2. The second kappa shape index (κ2) is 8.61. The van der Waals surface area contributed by atoms with Gasteiger partial charge in [0.05, 0.1) is 6.54 Å². The quantitative estimate of drug-likeness (QED) is 0.669. The number of hydrogen-bond acceptors (Lipinski definition) is 5. The summed E-state index contributed by atoms with van der Waals surface area (Å²) < 4.78 is 14.6. The van der Waals surface area contributed by atoms with E-state index in [0.717, 1.165) is 30.6 Å². The molecule has 3 aromatic rings. The van der Waals surface area contributed by atoms with Crippen LogP contribution < -0.4 is 15.9 Å². The molecule has 1 aliphatic rings. The van der Waals surface area contributed by atoms with Crippen molar-refractivity contribution in [2.75, 3.05) is 23.3 Å². The number of halogens is 2. The molecule has 2 aromatic carbocycles. The monoisotopic (exact) mass is 413 g/mol. The van der Waals surface area contributed by atoms with E-state index in [1.54, 1.807) is 24.3 Å². The molecule has 29 heavy (non-hydrogen) atoms. The van der Waals surface area contributed by atoms with Gasteiger partial charge in [-0.05, 0) is 54.8 Å². The molecule has 1 aliphatic heterocycles. The highest BCUT2D eigenvalue weighted by molar-refractivity contribution is 6.30. The van der Waals surface area contributed by atoms with Gasteiger partial charge in [0.25, 0.3) is 0 Å². The Bertz CT molecular complexity index is 1020. The Balaban J connectivity index is 1.39. The molecule has 1 N–H and O–H groups in total. The summed E-state index contributed by atoms with van der Waals surface area (Å²) in [4.78, 5) is 22.9. The largest absolute Gasteiger partial charge is 0.367 e. The van der Waals surface area contributed by atoms with E-state index >= 15 is 0 Å². The van der Waals surface area contributed by atoms with Crippen LogP contribution >= 0.6 is 11.6 Å². The Kier molecular flexibility index (Phi) is 5.76. The first-order valence-corrected chi connectivity index (χ1v) is 9.90. The first-order valence-electron chi connectivity index (χ1n) is 9.52. The summed E-state index contributed by atoms with van der Waals surface area (Å²) >= 11 is 5.89. The predicted molar refractivity (Wildman–Crippen MR) is 112 cm³/mol. The third kappa shape index (κ3) is 4.74. The Morgan fingerprint density at radius 2 is 1.90 bits per heavy atom. The van der Waals surface area contributed by atoms with E-state index in [1.807, 2.05) is 12.1 Å². The Hall–Kier alpha value is -2.93. The molecule has 0 unspecified atom stereocenters. The smallest absolute Gasteiger partial charge is 0.352 e. The molecule has 150 valence electrons. The number of rotatable bonds is 6. The maximum atomic E-state index is 13.2. The number of nitrogens with zero attached hydrogens (tertiary/aromatic N) is 4. The lowest BCUT2D eigenvalue weighted by molar-refractivity contribution is 0.626. The zero-order valence-electron chi connectivity index (χ0n) is 15.8. The average Bonchev–Trinajstić information content (AvgIpc) is 3.19. The predicted octanol–water partition coefficient (Wildman–Crippen LogP) is 3.56. The fraction of sp³-hybridized carbons (Fsp3) is 0.286. The van der Waals surface area contributed by atoms with Gasteiger partial charge in [0.1, 0.15) is 12.1 Å². The second-order valence-electron chi connectivity index (χ2n) is 7.06. The van der Waals surface area contributed by atoms with Crippen molar-refractivity contribution in [3.63, 3.8) is 0 Å². The Morgan fingerprint density at radius 1 is 1.14 bits per heavy atom. The SMILES string of the molecule is O=c1nc(NC[C@H]2CCCN2c2ccc(F)cc2)ncn1Cc1ccc(Cl)cc1. The van der Waals surface area contributed by atoms with E-state index in [4.69, 9.17) is 11.6 Å². The normalized spacial score (nSPS) is 16.2. The molecule has 1 fully saturated rings. The zero-order valence-corrected chi connectivity index (χ0v) is 16.5. The van der Waals surface area contributed by atoms with Crippen LogP contribution in [0.3, 0.4) is 0 Å². The minimum absolute atomic E-state index is 0.237. The fourth-order valence-corrected chi connectivity index (χ4v) is 3.69. The number of hydrogen-bond donors (Lipinski definition) is 1. The molecule has 0 amide bonds. The standard InChI is InChI=1S/C21H21ClFN5O/c22-16-5-3-15(4-6-16)13-27-14-25-20(26-21(27)29)24-12-19-2-1-11-28(19)18-9-7-17(23)8-10-18/h3-10,14,19H,1-2,11-13H2,(H,24,26,29)/t19-/m1/s1. The van der Waals surface area contributed by atoms with E-state index in [1.165, 1.54) is 23.0 Å². The molecule has 1 saturated heterocycles. The first-order chi connectivity index (χ1) is 14.1. The highest BCUT2D eigenvalue weighted by atomic mass is 35.5. The first kappa shape index (κ1) is 19.4. The maximum Gasteiger partial charge on any atom is 0.352 e. The molecule has 0 radical (unpaired) electrons. The van der Waals surface area contributed by atoms with Crippen LogP contribution in [0.15, 0.2) is 59.7 Å². The van der Waals surface area contributed by atoms with Crippen LogP contribution in [-0.4, -0.2) is 33.7 Å². The third-order valence-electron chi connectivity index (χ3n) is 5.06. The van der Waals surface area contributed by atoms with Gasteiger partial charge >= 0.3 is 5.69 Å². The molecule has 0 aliphatic carbocycles. The van der Waals surface area contributed by atoms with Crippen LogP contribution in [0.2, 0.25) is 5.02 Å². The van der Waals surface area contributed by atoms with Crippen molar-refractivity contribution in [2.45, 2.75) is 25.4 Å². The van der Waals surface area contributed by atoms with Crippen molar-refractivity contribution in [3.05, 3.63) is 81.7 Å². The molecule has 8 heteroatoms. The summed E-state index contributed by atoms with van der Waals surface area (Å²) in [7, 11) is 0. The van der Waals surface area contributed by atoms with E-state index in [-0.39, 0.29) is 17.5 Å². The average molecular weight is 414 g/mol. The van der Waals surface area contributed by atoms with Crippen molar-refractivity contribution in [3.8, 4) is 0 Å². The molecule has 1 atom stereocenters. The van der Waals surface area contributed by atoms with Crippen LogP contribution in [0.4, 0.5) is 16.0 Å². The lowest BCUT2D eigenvalue weighted by atomic mass is 10.2. The van der Waals surface area contributed by atoms with E-state index in [0.29, 0.717) is 24.1 Å². The van der Waals surface area contributed by atoms with Gasteiger partial charge in [-0.3, -0.25) is 4.57 Å². The highest BCUT2D eigenvalue weighted by Crippen LogP contribution is 2.25. The highest BCUT2D eigenvalue weighted by Gasteiger charge is 2.24. The molecular formula is C21H21ClFN5O. The molecule has 0 bridgehead atoms. The summed E-state index contributed by atoms with van der Waals surface area (Å²) in [6.07, 6.45) is 3.57. The van der Waals surface area contributed by atoms with Gasteiger partial charge in [-0.15, -0.1) is 0 Å². The van der Waals surface area contributed by atoms with Gasteiger partial charge in [-0.1, -0.05) is 23.7 Å². The number of benzene rings is 2. The molecule has 2 heterocycles. The number of aromatic nitrogens is 3. The molecule has 0 saturated carbocycles. The van der Waals surface area contributed by atoms with Crippen LogP contribution in [0.1, 0.15) is 18.4 Å². The van der Waals surface area contributed by atoms with Crippen molar-refractivity contribution in [1.29, 1.82) is 0 Å². The van der Waals surface area contributed by atoms with Gasteiger partial charge in [0.2, 0.25) is 5.95 Å². The van der Waals surface area contributed by atoms with Gasteiger partial charge in [-0.25, -0.2) is 14.2 Å². The van der Waals surface area contributed by atoms with E-state index in [9.17, 15) is 9.18 Å². The lowest BCUT2D eigenvalue weighted by Crippen LogP contribution is -2.35. The molecule has 1 aromatic heterocycles. The van der Waals surface area contributed by atoms with E-state index < -0.39 is 0 Å². The summed E-state index contributed by atoms with van der Waals surface area (Å²) in [5.41, 5.74) is 1.58. The van der Waals surface area contributed by atoms with Crippen molar-refractivity contribution in [2.24, 2.45) is 0 Å². The third-order valence-corrected chi connectivity index (χ3v) is 5.32. The fourth-order valence-electron chi connectivity index (χ4n) is 3.57. The second-order valence-corrected chi connectivity index (χ2v) is 7.50. The van der Waals surface area contributed by atoms with Crippen LogP contribution in [0.25, 0.3) is 0 Å². The number of nitrogens with one attached hydrogen (secondary N) is 1. The Labute approximate surface area is 173 Å². The lowest BCUT2D eigenvalue weighted by Gasteiger charge is -2.27. The van der Waals surface area contributed by atoms with E-state index in [2.05, 4.69) is 20.2 Å². The topological polar surface area (TPSA) is 63.1 Å².